The molecule has 0 aliphatic carbocycles. The molecule has 46 heavy (non-hydrogen) atoms. The summed E-state index contributed by atoms with van der Waals surface area (Å²) < 4.78 is 11.7. The minimum atomic E-state index is -1.22. The number of nitrogens with one attached hydrogen (secondary N) is 2. The first-order valence-electron chi connectivity index (χ1n) is 15.0. The zero-order valence-electron chi connectivity index (χ0n) is 25.6. The first-order chi connectivity index (χ1) is 22.1. The number of hydrogen-bond acceptors (Lipinski definition) is 8. The summed E-state index contributed by atoms with van der Waals surface area (Å²) in [5.41, 5.74) is 2.64. The van der Waals surface area contributed by atoms with E-state index < -0.39 is 47.1 Å². The van der Waals surface area contributed by atoms with Gasteiger partial charge in [-0.25, -0.2) is 9.59 Å². The molecule has 11 heteroatoms. The van der Waals surface area contributed by atoms with Crippen molar-refractivity contribution in [3.63, 3.8) is 0 Å². The third-order valence-electron chi connectivity index (χ3n) is 7.77. The van der Waals surface area contributed by atoms with E-state index in [0.717, 1.165) is 11.1 Å². The van der Waals surface area contributed by atoms with E-state index in [1.54, 1.807) is 50.6 Å². The van der Waals surface area contributed by atoms with Gasteiger partial charge in [0, 0.05) is 29.5 Å². The second kappa shape index (κ2) is 12.8. The molecule has 3 aromatic rings. The highest BCUT2D eigenvalue weighted by Crippen LogP contribution is 2.46. The Kier molecular flexibility index (Phi) is 8.68. The standard InChI is InChI=1S/C35H34N4O6S/c1-35(2,3)45-34(43)38-27-31(41)39-28(33(42)44-29(21-12-6-4-7-13-21)22-14-8-5-9-15-22)24(20-46-32(27)39)26(23-17-19-37-30(23)40)25-16-10-11-18-36-25/h4-16,18,20,27-29,32H,17,19H2,1-3H3,(H,37,40)(H,38,43)/t27-,28-,32-/m1/s1. The van der Waals surface area contributed by atoms with E-state index in [9.17, 15) is 19.2 Å². The van der Waals surface area contributed by atoms with Gasteiger partial charge in [-0.2, -0.15) is 0 Å². The fourth-order valence-corrected chi connectivity index (χ4v) is 7.01. The van der Waals surface area contributed by atoms with Crippen LogP contribution in [0.2, 0.25) is 0 Å². The minimum Gasteiger partial charge on any atom is -0.451 e. The van der Waals surface area contributed by atoms with E-state index in [0.29, 0.717) is 35.4 Å². The van der Waals surface area contributed by atoms with Gasteiger partial charge in [-0.3, -0.25) is 14.6 Å². The molecule has 3 aliphatic heterocycles. The van der Waals surface area contributed by atoms with Crippen LogP contribution in [-0.4, -0.2) is 63.4 Å². The Balaban J connectivity index is 1.42. The normalized spacial score (nSPS) is 21.9. The van der Waals surface area contributed by atoms with E-state index in [2.05, 4.69) is 15.6 Å². The quantitative estimate of drug-likeness (QED) is 0.216. The van der Waals surface area contributed by atoms with Crippen molar-refractivity contribution in [2.75, 3.05) is 6.54 Å². The second-order valence-corrected chi connectivity index (χ2v) is 13.1. The Morgan fingerprint density at radius 2 is 1.63 bits per heavy atom. The first kappa shape index (κ1) is 31.1. The van der Waals surface area contributed by atoms with Gasteiger partial charge in [-0.15, -0.1) is 11.8 Å². The van der Waals surface area contributed by atoms with Gasteiger partial charge in [0.1, 0.15) is 17.0 Å². The van der Waals surface area contributed by atoms with E-state index >= 15 is 0 Å². The molecule has 2 fully saturated rings. The van der Waals surface area contributed by atoms with Crippen LogP contribution >= 0.6 is 11.8 Å². The van der Waals surface area contributed by atoms with Crippen molar-refractivity contribution in [3.05, 3.63) is 118 Å². The van der Waals surface area contributed by atoms with Crippen molar-refractivity contribution in [2.45, 2.75) is 56.4 Å². The Hall–Kier alpha value is -4.90. The zero-order chi connectivity index (χ0) is 32.4. The van der Waals surface area contributed by atoms with Gasteiger partial charge in [0.05, 0.1) is 5.69 Å². The summed E-state index contributed by atoms with van der Waals surface area (Å²) in [6.07, 6.45) is 0.543. The lowest BCUT2D eigenvalue weighted by Crippen LogP contribution is -2.74. The molecule has 2 aromatic carbocycles. The monoisotopic (exact) mass is 638 g/mol. The molecule has 0 saturated carbocycles. The zero-order valence-corrected chi connectivity index (χ0v) is 26.5. The molecule has 0 unspecified atom stereocenters. The van der Waals surface area contributed by atoms with Gasteiger partial charge in [-0.05, 0) is 55.9 Å². The molecule has 3 aliphatic rings. The number of nitrogens with zero attached hydrogens (tertiary/aromatic N) is 2. The lowest BCUT2D eigenvalue weighted by molar-refractivity contribution is -0.164. The number of esters is 1. The summed E-state index contributed by atoms with van der Waals surface area (Å²) in [5, 5.41) is 6.69. The van der Waals surface area contributed by atoms with Crippen LogP contribution in [0.15, 0.2) is 102 Å². The number of amides is 3. The average Bonchev–Trinajstić information content (AvgIpc) is 3.47. The number of carbonyl (C=O) groups excluding carboxylic acids is 4. The molecule has 3 amide bonds. The number of thioether (sulfide) groups is 1. The topological polar surface area (TPSA) is 127 Å². The lowest BCUT2D eigenvalue weighted by Gasteiger charge is -2.52. The summed E-state index contributed by atoms with van der Waals surface area (Å²) in [4.78, 5) is 60.0. The predicted molar refractivity (Wildman–Crippen MR) is 173 cm³/mol. The molecule has 4 heterocycles. The molecule has 1 aromatic heterocycles. The van der Waals surface area contributed by atoms with Crippen LogP contribution in [0, 0.1) is 0 Å². The van der Waals surface area contributed by atoms with Crippen molar-refractivity contribution >= 4 is 41.2 Å². The molecule has 236 valence electrons. The predicted octanol–water partition coefficient (Wildman–Crippen LogP) is 4.75. The van der Waals surface area contributed by atoms with Crippen molar-refractivity contribution < 1.29 is 28.7 Å². The largest absolute Gasteiger partial charge is 0.451 e. The lowest BCUT2D eigenvalue weighted by atomic mass is 9.88. The first-order valence-corrected chi connectivity index (χ1v) is 16.0. The Labute approximate surface area is 271 Å². The molecule has 2 saturated heterocycles. The van der Waals surface area contributed by atoms with Crippen molar-refractivity contribution in [1.29, 1.82) is 0 Å². The fraction of sp³-hybridized carbons (Fsp3) is 0.286. The van der Waals surface area contributed by atoms with E-state index in [-0.39, 0.29) is 5.91 Å². The van der Waals surface area contributed by atoms with E-state index in [1.807, 2.05) is 60.7 Å². The number of rotatable bonds is 7. The van der Waals surface area contributed by atoms with Crippen LogP contribution in [0.25, 0.3) is 5.57 Å². The molecular weight excluding hydrogens is 604 g/mol. The Morgan fingerprint density at radius 3 is 2.20 bits per heavy atom. The van der Waals surface area contributed by atoms with E-state index in [4.69, 9.17) is 9.47 Å². The van der Waals surface area contributed by atoms with Crippen molar-refractivity contribution in [3.8, 4) is 0 Å². The minimum absolute atomic E-state index is 0.258. The molecule has 2 N–H and O–H groups in total. The Bertz CT molecular complexity index is 1670. The summed E-state index contributed by atoms with van der Waals surface area (Å²) >= 11 is 1.28. The number of hydrogen-bond donors (Lipinski definition) is 2. The molecule has 6 rings (SSSR count). The summed E-state index contributed by atoms with van der Waals surface area (Å²) in [7, 11) is 0. The third-order valence-corrected chi connectivity index (χ3v) is 8.94. The molecule has 0 radical (unpaired) electrons. The number of β-lactam (4-membered cyclic amide) rings is 1. The van der Waals surface area contributed by atoms with Crippen LogP contribution in [0.1, 0.15) is 50.1 Å². The number of pyridine rings is 1. The highest BCUT2D eigenvalue weighted by molar-refractivity contribution is 8.03. The van der Waals surface area contributed by atoms with Crippen molar-refractivity contribution in [1.82, 2.24) is 20.5 Å². The van der Waals surface area contributed by atoms with Crippen molar-refractivity contribution in [2.24, 2.45) is 0 Å². The van der Waals surface area contributed by atoms with Gasteiger partial charge in [-0.1, -0.05) is 66.7 Å². The molecular formula is C35H34N4O6S. The number of fused-ring (bicyclic) bond motifs is 1. The Morgan fingerprint density at radius 1 is 0.978 bits per heavy atom. The average molecular weight is 639 g/mol. The van der Waals surface area contributed by atoms with Crippen LogP contribution in [0.4, 0.5) is 4.79 Å². The van der Waals surface area contributed by atoms with Gasteiger partial charge in [0.2, 0.25) is 11.8 Å². The highest BCUT2D eigenvalue weighted by atomic mass is 32.2. The molecule has 3 atom stereocenters. The van der Waals surface area contributed by atoms with Gasteiger partial charge in [0.15, 0.2) is 12.1 Å². The number of carbonyl (C=O) groups is 4. The van der Waals surface area contributed by atoms with Gasteiger partial charge >= 0.3 is 12.1 Å². The summed E-state index contributed by atoms with van der Waals surface area (Å²) in [6, 6.07) is 21.9. The van der Waals surface area contributed by atoms with E-state index in [1.165, 1.54) is 16.7 Å². The number of ether oxygens (including phenoxy) is 2. The highest BCUT2D eigenvalue weighted by Gasteiger charge is 2.57. The number of benzene rings is 2. The maximum absolute atomic E-state index is 14.5. The smallest absolute Gasteiger partial charge is 0.408 e. The third kappa shape index (κ3) is 6.28. The number of aromatic nitrogens is 1. The summed E-state index contributed by atoms with van der Waals surface area (Å²) in [5.74, 6) is -1.40. The van der Waals surface area contributed by atoms with Gasteiger partial charge < -0.3 is 25.0 Å². The molecule has 0 spiro atoms. The maximum atomic E-state index is 14.5. The van der Waals surface area contributed by atoms with Crippen LogP contribution < -0.4 is 10.6 Å². The maximum Gasteiger partial charge on any atom is 0.408 e. The van der Waals surface area contributed by atoms with Crippen LogP contribution in [0.3, 0.4) is 0 Å². The second-order valence-electron chi connectivity index (χ2n) is 12.1. The van der Waals surface area contributed by atoms with Crippen LogP contribution in [-0.2, 0) is 23.9 Å². The fourth-order valence-electron chi connectivity index (χ4n) is 5.78. The van der Waals surface area contributed by atoms with Crippen LogP contribution in [0.5, 0.6) is 0 Å². The molecule has 10 nitrogen and oxygen atoms in total. The summed E-state index contributed by atoms with van der Waals surface area (Å²) in [6.45, 7) is 5.65. The molecule has 0 bridgehead atoms. The SMILES string of the molecule is CC(C)(C)OC(=O)N[C@@H]1C(=O)N2[C@@H](C(=O)OC(c3ccccc3)c3ccccc3)C(C(=C3CCNC3=O)c3ccccn3)=CS[C@H]12. The van der Waals surface area contributed by atoms with Gasteiger partial charge in [0.25, 0.3) is 0 Å². The number of alkyl carbamates (subject to hydrolysis) is 1.